The highest BCUT2D eigenvalue weighted by Crippen LogP contribution is 2.54. The van der Waals surface area contributed by atoms with Crippen LogP contribution in [-0.2, 0) is 20.9 Å². The Kier molecular flexibility index (Phi) is 8.22. The number of nitrogens with zero attached hydrogens (tertiary/aromatic N) is 4. The number of amides is 3. The number of piperidine rings is 1. The second-order valence-corrected chi connectivity index (χ2v) is 13.4. The second kappa shape index (κ2) is 11.9. The van der Waals surface area contributed by atoms with Gasteiger partial charge in [0.15, 0.2) is 0 Å². The SMILES string of the molecule is CCN(CC)c1ccc(C2c3sc(=O)n(CC(=O)N4CCCCC4)c3SC3C(=O)N(c4ccc(Cl)cc4)C(=O)C32)cc1. The predicted molar refractivity (Wildman–Crippen MR) is 168 cm³/mol. The Morgan fingerprint density at radius 2 is 1.60 bits per heavy atom. The first-order valence-electron chi connectivity index (χ1n) is 14.5. The minimum atomic E-state index is -0.724. The smallest absolute Gasteiger partial charge is 0.308 e. The fourth-order valence-electron chi connectivity index (χ4n) is 6.32. The molecule has 3 atom stereocenters. The highest BCUT2D eigenvalue weighted by Gasteiger charge is 2.56. The molecular weight excluding hydrogens is 592 g/mol. The number of aromatic nitrogens is 1. The van der Waals surface area contributed by atoms with E-state index in [1.807, 2.05) is 29.2 Å². The molecule has 11 heteroatoms. The lowest BCUT2D eigenvalue weighted by molar-refractivity contribution is -0.133. The maximum absolute atomic E-state index is 14.1. The van der Waals surface area contributed by atoms with Crippen LogP contribution in [0.1, 0.15) is 49.5 Å². The Balaban J connectivity index is 1.43. The van der Waals surface area contributed by atoms with Crippen molar-refractivity contribution in [1.82, 2.24) is 9.47 Å². The molecule has 0 N–H and O–H groups in total. The lowest BCUT2D eigenvalue weighted by Gasteiger charge is -2.31. The van der Waals surface area contributed by atoms with Gasteiger partial charge in [0.2, 0.25) is 17.7 Å². The number of hydrogen-bond acceptors (Lipinski definition) is 7. The number of halogens is 1. The van der Waals surface area contributed by atoms with E-state index in [9.17, 15) is 19.2 Å². The van der Waals surface area contributed by atoms with E-state index in [0.717, 1.165) is 59.8 Å². The third kappa shape index (κ3) is 5.07. The van der Waals surface area contributed by atoms with Crippen molar-refractivity contribution in [3.8, 4) is 0 Å². The van der Waals surface area contributed by atoms with E-state index >= 15 is 0 Å². The number of benzene rings is 2. The zero-order valence-electron chi connectivity index (χ0n) is 23.6. The second-order valence-electron chi connectivity index (χ2n) is 10.9. The summed E-state index contributed by atoms with van der Waals surface area (Å²) in [6, 6.07) is 14.8. The Morgan fingerprint density at radius 3 is 2.24 bits per heavy atom. The van der Waals surface area contributed by atoms with Crippen molar-refractivity contribution < 1.29 is 14.4 Å². The van der Waals surface area contributed by atoms with Crippen LogP contribution in [0.2, 0.25) is 5.02 Å². The first-order chi connectivity index (χ1) is 20.3. The van der Waals surface area contributed by atoms with Crippen molar-refractivity contribution in [3.63, 3.8) is 0 Å². The summed E-state index contributed by atoms with van der Waals surface area (Å²) >= 11 is 8.42. The van der Waals surface area contributed by atoms with E-state index < -0.39 is 17.1 Å². The van der Waals surface area contributed by atoms with Gasteiger partial charge in [-0.3, -0.25) is 23.7 Å². The summed E-state index contributed by atoms with van der Waals surface area (Å²) in [5, 5.41) is 0.410. The Morgan fingerprint density at radius 1 is 0.929 bits per heavy atom. The molecule has 1 aromatic heterocycles. The number of thioether (sulfide) groups is 1. The molecule has 3 aliphatic rings. The first-order valence-corrected chi connectivity index (χ1v) is 16.6. The molecule has 2 saturated heterocycles. The fourth-order valence-corrected chi connectivity index (χ4v) is 9.22. The van der Waals surface area contributed by atoms with Crippen LogP contribution in [0.15, 0.2) is 58.4 Å². The summed E-state index contributed by atoms with van der Waals surface area (Å²) in [5.74, 6) is -1.87. The van der Waals surface area contributed by atoms with Gasteiger partial charge in [0.1, 0.15) is 11.8 Å². The van der Waals surface area contributed by atoms with Crippen LogP contribution in [0.3, 0.4) is 0 Å². The predicted octanol–water partition coefficient (Wildman–Crippen LogP) is 5.22. The largest absolute Gasteiger partial charge is 0.372 e. The molecule has 0 saturated carbocycles. The van der Waals surface area contributed by atoms with Crippen LogP contribution in [-0.4, -0.2) is 58.6 Å². The van der Waals surface area contributed by atoms with Crippen molar-refractivity contribution in [2.75, 3.05) is 36.0 Å². The normalized spacial score (nSPS) is 21.8. The maximum Gasteiger partial charge on any atom is 0.308 e. The number of likely N-dealkylation sites (tertiary alicyclic amines) is 1. The van der Waals surface area contributed by atoms with Crippen molar-refractivity contribution in [1.29, 1.82) is 0 Å². The molecule has 2 aromatic carbocycles. The molecule has 3 amide bonds. The quantitative estimate of drug-likeness (QED) is 0.336. The van der Waals surface area contributed by atoms with Gasteiger partial charge in [-0.1, -0.05) is 46.8 Å². The molecule has 42 heavy (non-hydrogen) atoms. The highest BCUT2D eigenvalue weighted by atomic mass is 35.5. The van der Waals surface area contributed by atoms with E-state index in [4.69, 9.17) is 11.6 Å². The average Bonchev–Trinajstić information content (AvgIpc) is 3.45. The van der Waals surface area contributed by atoms with Crippen molar-refractivity contribution in [2.45, 2.75) is 55.8 Å². The number of carbonyl (C=O) groups is 3. The molecule has 3 aromatic rings. The van der Waals surface area contributed by atoms with Gasteiger partial charge in [-0.25, -0.2) is 4.90 Å². The third-order valence-corrected chi connectivity index (χ3v) is 11.4. The van der Waals surface area contributed by atoms with E-state index in [1.165, 1.54) is 21.2 Å². The molecule has 0 bridgehead atoms. The monoisotopic (exact) mass is 624 g/mol. The molecule has 0 spiro atoms. The third-order valence-electron chi connectivity index (χ3n) is 8.52. The number of thiazole rings is 1. The molecule has 2 fully saturated rings. The summed E-state index contributed by atoms with van der Waals surface area (Å²) in [6.07, 6.45) is 3.03. The van der Waals surface area contributed by atoms with Gasteiger partial charge in [0.05, 0.1) is 16.6 Å². The Bertz CT molecular complexity index is 1560. The number of hydrogen-bond donors (Lipinski definition) is 0. The van der Waals surface area contributed by atoms with E-state index in [1.54, 1.807) is 24.3 Å². The lowest BCUT2D eigenvalue weighted by Crippen LogP contribution is -2.39. The molecule has 8 nitrogen and oxygen atoms in total. The zero-order chi connectivity index (χ0) is 29.5. The van der Waals surface area contributed by atoms with Gasteiger partial charge in [-0.2, -0.15) is 0 Å². The fraction of sp³-hybridized carbons (Fsp3) is 0.419. The summed E-state index contributed by atoms with van der Waals surface area (Å²) in [7, 11) is 0. The van der Waals surface area contributed by atoms with Gasteiger partial charge in [-0.15, -0.1) is 0 Å². The lowest BCUT2D eigenvalue weighted by atomic mass is 9.83. The van der Waals surface area contributed by atoms with Gasteiger partial charge in [0.25, 0.3) is 0 Å². The summed E-state index contributed by atoms with van der Waals surface area (Å²) in [5.41, 5.74) is 2.42. The van der Waals surface area contributed by atoms with Gasteiger partial charge < -0.3 is 9.80 Å². The van der Waals surface area contributed by atoms with E-state index in [0.29, 0.717) is 28.8 Å². The molecule has 0 radical (unpaired) electrons. The van der Waals surface area contributed by atoms with Gasteiger partial charge in [-0.05, 0) is 75.1 Å². The number of carbonyl (C=O) groups excluding carboxylic acids is 3. The summed E-state index contributed by atoms with van der Waals surface area (Å²) in [6.45, 7) is 7.27. The van der Waals surface area contributed by atoms with Crippen molar-refractivity contribution in [2.24, 2.45) is 5.92 Å². The van der Waals surface area contributed by atoms with Crippen LogP contribution in [0.4, 0.5) is 11.4 Å². The number of rotatable bonds is 7. The van der Waals surface area contributed by atoms with E-state index in [-0.39, 0.29) is 29.1 Å². The minimum Gasteiger partial charge on any atom is -0.372 e. The average molecular weight is 625 g/mol. The standard InChI is InChI=1S/C31H33ClN4O4S2/c1-3-33(4-2)21-12-8-19(9-13-21)24-25-26(29(39)36(28(25)38)22-14-10-20(32)11-15-22)41-30-27(24)42-31(40)35(30)18-23(37)34-16-6-5-7-17-34/h8-15,24-26H,3-7,16-18H2,1-2H3. The van der Waals surface area contributed by atoms with Gasteiger partial charge in [0, 0.05) is 47.7 Å². The molecule has 6 rings (SSSR count). The van der Waals surface area contributed by atoms with Crippen molar-refractivity contribution >= 4 is 63.8 Å². The van der Waals surface area contributed by atoms with Crippen LogP contribution in [0, 0.1) is 5.92 Å². The molecular formula is C31H33ClN4O4S2. The summed E-state index contributed by atoms with van der Waals surface area (Å²) in [4.78, 5) is 60.5. The first kappa shape index (κ1) is 29.0. The minimum absolute atomic E-state index is 0.0638. The molecule has 3 unspecified atom stereocenters. The van der Waals surface area contributed by atoms with E-state index in [2.05, 4.69) is 18.7 Å². The molecule has 3 aliphatic heterocycles. The van der Waals surface area contributed by atoms with Crippen molar-refractivity contribution in [3.05, 3.63) is 73.7 Å². The Labute approximate surface area is 258 Å². The summed E-state index contributed by atoms with van der Waals surface area (Å²) < 4.78 is 1.53. The topological polar surface area (TPSA) is 82.9 Å². The van der Waals surface area contributed by atoms with Crippen LogP contribution >= 0.6 is 34.7 Å². The number of imide groups is 1. The zero-order valence-corrected chi connectivity index (χ0v) is 26.0. The maximum atomic E-state index is 14.1. The Hall–Kier alpha value is -3.08. The van der Waals surface area contributed by atoms with Crippen LogP contribution in [0.25, 0.3) is 0 Å². The highest BCUT2D eigenvalue weighted by molar-refractivity contribution is 8.00. The van der Waals surface area contributed by atoms with Gasteiger partial charge >= 0.3 is 4.87 Å². The number of fused-ring (bicyclic) bond motifs is 2. The number of anilines is 2. The van der Waals surface area contributed by atoms with Crippen LogP contribution < -0.4 is 14.7 Å². The van der Waals surface area contributed by atoms with Crippen LogP contribution in [0.5, 0.6) is 0 Å². The molecule has 220 valence electrons. The molecule has 4 heterocycles. The molecule has 0 aliphatic carbocycles.